The van der Waals surface area contributed by atoms with Crippen LogP contribution in [0.2, 0.25) is 0 Å². The highest BCUT2D eigenvalue weighted by molar-refractivity contribution is 9.11. The fourth-order valence-electron chi connectivity index (χ4n) is 1.83. The van der Waals surface area contributed by atoms with E-state index in [-0.39, 0.29) is 0 Å². The fourth-order valence-corrected chi connectivity index (χ4v) is 4.52. The summed E-state index contributed by atoms with van der Waals surface area (Å²) in [5, 5.41) is 3.41. The minimum absolute atomic E-state index is 0.640. The SMILES string of the molecule is CCOc1c(Br)cc(CNc2ccc(Br)cc2Br)cc1Br. The zero-order valence-electron chi connectivity index (χ0n) is 11.2. The third kappa shape index (κ3) is 4.71. The van der Waals surface area contributed by atoms with Gasteiger partial charge >= 0.3 is 0 Å². The summed E-state index contributed by atoms with van der Waals surface area (Å²) in [5.74, 6) is 0.839. The van der Waals surface area contributed by atoms with Crippen LogP contribution in [0.4, 0.5) is 5.69 Å². The van der Waals surface area contributed by atoms with Gasteiger partial charge in [-0.15, -0.1) is 0 Å². The summed E-state index contributed by atoms with van der Waals surface area (Å²) in [4.78, 5) is 0. The summed E-state index contributed by atoms with van der Waals surface area (Å²) >= 11 is 14.1. The Morgan fingerprint density at radius 1 is 0.952 bits per heavy atom. The van der Waals surface area contributed by atoms with E-state index in [4.69, 9.17) is 4.74 Å². The van der Waals surface area contributed by atoms with Crippen LogP contribution in [0.1, 0.15) is 12.5 Å². The topological polar surface area (TPSA) is 21.3 Å². The highest BCUT2D eigenvalue weighted by atomic mass is 79.9. The van der Waals surface area contributed by atoms with Crippen LogP contribution < -0.4 is 10.1 Å². The van der Waals surface area contributed by atoms with Gasteiger partial charge in [-0.05, 0) is 90.6 Å². The first kappa shape index (κ1) is 17.3. The van der Waals surface area contributed by atoms with Crippen molar-refractivity contribution in [2.24, 2.45) is 0 Å². The standard InChI is InChI=1S/C15H13Br4NO/c1-2-21-15-12(18)5-9(6-13(15)19)8-20-14-4-3-10(16)7-11(14)17/h3-7,20H,2,8H2,1H3. The molecule has 0 unspecified atom stereocenters. The van der Waals surface area contributed by atoms with Crippen LogP contribution in [0.15, 0.2) is 48.2 Å². The van der Waals surface area contributed by atoms with Crippen LogP contribution in [0.3, 0.4) is 0 Å². The molecule has 0 aliphatic heterocycles. The maximum atomic E-state index is 5.59. The highest BCUT2D eigenvalue weighted by Crippen LogP contribution is 2.35. The fraction of sp³-hybridized carbons (Fsp3) is 0.200. The third-order valence-electron chi connectivity index (χ3n) is 2.76. The number of ether oxygens (including phenoxy) is 1. The normalized spacial score (nSPS) is 10.5. The predicted molar refractivity (Wildman–Crippen MR) is 102 cm³/mol. The number of anilines is 1. The molecule has 0 aliphatic carbocycles. The zero-order chi connectivity index (χ0) is 15.4. The molecule has 0 radical (unpaired) electrons. The van der Waals surface area contributed by atoms with Gasteiger partial charge in [0.25, 0.3) is 0 Å². The van der Waals surface area contributed by atoms with E-state index in [1.54, 1.807) is 0 Å². The molecule has 0 heterocycles. The van der Waals surface area contributed by atoms with Crippen LogP contribution >= 0.6 is 63.7 Å². The predicted octanol–water partition coefficient (Wildman–Crippen LogP) is 6.75. The van der Waals surface area contributed by atoms with Crippen LogP contribution in [-0.4, -0.2) is 6.61 Å². The van der Waals surface area contributed by atoms with Crippen LogP contribution in [-0.2, 0) is 6.54 Å². The van der Waals surface area contributed by atoms with Gasteiger partial charge in [0.1, 0.15) is 5.75 Å². The molecular weight excluding hydrogens is 530 g/mol. The molecule has 0 aliphatic rings. The number of benzene rings is 2. The maximum Gasteiger partial charge on any atom is 0.147 e. The molecule has 112 valence electrons. The Kier molecular flexibility index (Phi) is 6.59. The summed E-state index contributed by atoms with van der Waals surface area (Å²) in [6.07, 6.45) is 0. The summed E-state index contributed by atoms with van der Waals surface area (Å²) < 4.78 is 9.57. The second-order valence-electron chi connectivity index (χ2n) is 4.30. The van der Waals surface area contributed by atoms with E-state index in [2.05, 4.69) is 81.2 Å². The number of nitrogens with one attached hydrogen (secondary N) is 1. The second kappa shape index (κ2) is 7.99. The molecule has 0 aromatic heterocycles. The molecule has 6 heteroatoms. The molecule has 2 aromatic rings. The summed E-state index contributed by atoms with van der Waals surface area (Å²) in [6.45, 7) is 3.34. The monoisotopic (exact) mass is 539 g/mol. The molecule has 2 rings (SSSR count). The van der Waals surface area contributed by atoms with Crippen molar-refractivity contribution < 1.29 is 4.74 Å². The average Bonchev–Trinajstić information content (AvgIpc) is 2.42. The number of hydrogen-bond donors (Lipinski definition) is 1. The van der Waals surface area contributed by atoms with E-state index in [9.17, 15) is 0 Å². The van der Waals surface area contributed by atoms with Crippen molar-refractivity contribution in [2.45, 2.75) is 13.5 Å². The van der Waals surface area contributed by atoms with Crippen molar-refractivity contribution in [3.05, 3.63) is 53.8 Å². The van der Waals surface area contributed by atoms with Gasteiger partial charge in [0.05, 0.1) is 15.6 Å². The van der Waals surface area contributed by atoms with E-state index < -0.39 is 0 Å². The lowest BCUT2D eigenvalue weighted by atomic mass is 10.2. The second-order valence-corrected chi connectivity index (χ2v) is 7.78. The van der Waals surface area contributed by atoms with Gasteiger partial charge in [-0.25, -0.2) is 0 Å². The quantitative estimate of drug-likeness (QED) is 0.451. The molecule has 0 amide bonds. The summed E-state index contributed by atoms with van der Waals surface area (Å²) in [5.41, 5.74) is 2.21. The molecule has 2 nitrogen and oxygen atoms in total. The van der Waals surface area contributed by atoms with E-state index in [0.29, 0.717) is 6.61 Å². The lowest BCUT2D eigenvalue weighted by molar-refractivity contribution is 0.336. The Morgan fingerprint density at radius 3 is 2.19 bits per heavy atom. The largest absolute Gasteiger partial charge is 0.492 e. The molecule has 0 spiro atoms. The molecule has 1 N–H and O–H groups in total. The van der Waals surface area contributed by atoms with E-state index in [0.717, 1.165) is 41.4 Å². The molecule has 0 fully saturated rings. The molecule has 21 heavy (non-hydrogen) atoms. The van der Waals surface area contributed by atoms with Crippen molar-refractivity contribution in [1.82, 2.24) is 0 Å². The number of halogens is 4. The smallest absolute Gasteiger partial charge is 0.147 e. The van der Waals surface area contributed by atoms with Gasteiger partial charge in [0, 0.05) is 21.2 Å². The van der Waals surface area contributed by atoms with Gasteiger partial charge < -0.3 is 10.1 Å². The van der Waals surface area contributed by atoms with Gasteiger partial charge in [-0.3, -0.25) is 0 Å². The Bertz CT molecular complexity index is 623. The van der Waals surface area contributed by atoms with Gasteiger partial charge in [0.2, 0.25) is 0 Å². The first-order valence-electron chi connectivity index (χ1n) is 6.31. The summed E-state index contributed by atoms with van der Waals surface area (Å²) in [7, 11) is 0. The van der Waals surface area contributed by atoms with Crippen LogP contribution in [0.5, 0.6) is 5.75 Å². The molecule has 0 saturated heterocycles. The molecular formula is C15H13Br4NO. The van der Waals surface area contributed by atoms with E-state index in [1.807, 2.05) is 25.1 Å². The van der Waals surface area contributed by atoms with Gasteiger partial charge in [0.15, 0.2) is 0 Å². The van der Waals surface area contributed by atoms with Crippen molar-refractivity contribution in [3.63, 3.8) is 0 Å². The first-order valence-corrected chi connectivity index (χ1v) is 9.48. The molecule has 0 saturated carbocycles. The highest BCUT2D eigenvalue weighted by Gasteiger charge is 2.09. The lowest BCUT2D eigenvalue weighted by Crippen LogP contribution is -2.01. The average molecular weight is 543 g/mol. The Hall–Kier alpha value is -0.0400. The molecule has 0 bridgehead atoms. The van der Waals surface area contributed by atoms with E-state index >= 15 is 0 Å². The van der Waals surface area contributed by atoms with Crippen molar-refractivity contribution in [3.8, 4) is 5.75 Å². The Labute approximate surface area is 158 Å². The van der Waals surface area contributed by atoms with Crippen LogP contribution in [0.25, 0.3) is 0 Å². The third-order valence-corrected chi connectivity index (χ3v) is 5.09. The number of rotatable bonds is 5. The maximum absolute atomic E-state index is 5.59. The first-order chi connectivity index (χ1) is 10.0. The minimum atomic E-state index is 0.640. The van der Waals surface area contributed by atoms with Crippen LogP contribution in [0, 0.1) is 0 Å². The Balaban J connectivity index is 2.13. The molecule has 2 aromatic carbocycles. The molecule has 0 atom stereocenters. The van der Waals surface area contributed by atoms with Crippen molar-refractivity contribution >= 4 is 69.4 Å². The number of hydrogen-bond acceptors (Lipinski definition) is 2. The minimum Gasteiger partial charge on any atom is -0.492 e. The lowest BCUT2D eigenvalue weighted by Gasteiger charge is -2.13. The Morgan fingerprint density at radius 2 is 1.62 bits per heavy atom. The zero-order valence-corrected chi connectivity index (χ0v) is 17.6. The summed E-state index contributed by atoms with van der Waals surface area (Å²) in [6, 6.07) is 10.2. The van der Waals surface area contributed by atoms with Crippen molar-refractivity contribution in [1.29, 1.82) is 0 Å². The van der Waals surface area contributed by atoms with Gasteiger partial charge in [-0.1, -0.05) is 15.9 Å². The van der Waals surface area contributed by atoms with Gasteiger partial charge in [-0.2, -0.15) is 0 Å². The van der Waals surface area contributed by atoms with Crippen molar-refractivity contribution in [2.75, 3.05) is 11.9 Å². The van der Waals surface area contributed by atoms with E-state index in [1.165, 1.54) is 0 Å².